The van der Waals surface area contributed by atoms with Gasteiger partial charge < -0.3 is 13.4 Å². The smallest absolute Gasteiger partial charge is 0.227 e. The summed E-state index contributed by atoms with van der Waals surface area (Å²) in [5.74, 6) is 2.30. The molecule has 7 heteroatoms. The van der Waals surface area contributed by atoms with Crippen molar-refractivity contribution in [2.24, 2.45) is 0 Å². The molecule has 0 amide bonds. The average molecular weight is 808 g/mol. The van der Waals surface area contributed by atoms with Crippen molar-refractivity contribution < 1.29 is 8.83 Å². The number of hydrogen-bond donors (Lipinski definition) is 0. The molecule has 294 valence electrons. The second-order valence-corrected chi connectivity index (χ2v) is 15.8. The number of nitrogens with zero attached hydrogens (tertiary/aromatic N) is 5. The summed E-state index contributed by atoms with van der Waals surface area (Å²) in [4.78, 5) is 20.3. The Balaban J connectivity index is 0.989. The number of rotatable bonds is 6. The maximum Gasteiger partial charge on any atom is 0.227 e. The first-order valence-electron chi connectivity index (χ1n) is 21.0. The van der Waals surface area contributed by atoms with Crippen LogP contribution in [0, 0.1) is 0 Å². The lowest BCUT2D eigenvalue weighted by atomic mass is 10.0. The van der Waals surface area contributed by atoms with Gasteiger partial charge in [0.1, 0.15) is 16.7 Å². The number of fused-ring (bicyclic) bond motifs is 10. The number of benzene rings is 9. The minimum Gasteiger partial charge on any atom is -0.455 e. The molecule has 4 aromatic heterocycles. The molecule has 13 aromatic rings. The van der Waals surface area contributed by atoms with Crippen LogP contribution in [0.5, 0.6) is 0 Å². The van der Waals surface area contributed by atoms with E-state index >= 15 is 0 Å². The summed E-state index contributed by atoms with van der Waals surface area (Å²) in [6.45, 7) is 0. The summed E-state index contributed by atoms with van der Waals surface area (Å²) in [5.41, 5.74) is 11.8. The number of furan rings is 1. The van der Waals surface area contributed by atoms with Crippen molar-refractivity contribution in [3.05, 3.63) is 200 Å². The van der Waals surface area contributed by atoms with E-state index in [1.54, 1.807) is 0 Å². The molecule has 0 radical (unpaired) electrons. The van der Waals surface area contributed by atoms with E-state index in [0.717, 1.165) is 99.3 Å². The Hall–Kier alpha value is -8.68. The van der Waals surface area contributed by atoms with Crippen molar-refractivity contribution >= 4 is 65.6 Å². The Morgan fingerprint density at radius 3 is 1.83 bits per heavy atom. The Morgan fingerprint density at radius 2 is 0.968 bits per heavy atom. The molecule has 0 aliphatic carbocycles. The van der Waals surface area contributed by atoms with Gasteiger partial charge in [-0.3, -0.25) is 0 Å². The summed E-state index contributed by atoms with van der Waals surface area (Å²) in [6, 6.07) is 68.8. The minimum atomic E-state index is 0.545. The lowest BCUT2D eigenvalue weighted by molar-refractivity contribution is 0.622. The van der Waals surface area contributed by atoms with Gasteiger partial charge in [0.15, 0.2) is 23.1 Å². The third kappa shape index (κ3) is 5.67. The van der Waals surface area contributed by atoms with Gasteiger partial charge in [0, 0.05) is 49.3 Å². The number of hydrogen-bond acceptors (Lipinski definition) is 6. The predicted octanol–water partition coefficient (Wildman–Crippen LogP) is 14.5. The standard InChI is InChI=1S/C56H33N5O2/c1-3-15-35(16-4-1)53-58-54(60-55(59-53)46-26-13-25-45-42-24-9-10-27-48(42)62-51(45)46)39-21-11-19-37(32-39)38-20-12-22-40(33-38)61-49-41-23-8-7-14-34(41)28-29-43(49)44-30-31-47-52(50(44)61)63-56(57-47)36-17-5-2-6-18-36/h1-33H. The van der Waals surface area contributed by atoms with Crippen molar-refractivity contribution in [1.29, 1.82) is 0 Å². The van der Waals surface area contributed by atoms with E-state index in [4.69, 9.17) is 28.8 Å². The van der Waals surface area contributed by atoms with Crippen LogP contribution in [-0.2, 0) is 0 Å². The third-order valence-electron chi connectivity index (χ3n) is 12.1. The molecule has 63 heavy (non-hydrogen) atoms. The molecule has 9 aromatic carbocycles. The van der Waals surface area contributed by atoms with E-state index in [1.165, 1.54) is 5.39 Å². The number of para-hydroxylation sites is 2. The molecule has 0 aliphatic heterocycles. The van der Waals surface area contributed by atoms with Gasteiger partial charge in [-0.15, -0.1) is 0 Å². The molecular weight excluding hydrogens is 775 g/mol. The Kier molecular flexibility index (Phi) is 7.77. The molecule has 0 atom stereocenters. The SMILES string of the molecule is c1ccc(-c2nc(-c3cccc(-c4cccc(-n5c6c7ccccc7ccc6c6ccc7nc(-c8ccccc8)oc7c65)c4)c3)nc(-c3cccc4c3oc3ccccc34)n2)cc1. The molecule has 0 fully saturated rings. The van der Waals surface area contributed by atoms with Crippen molar-refractivity contribution in [3.8, 4) is 62.4 Å². The topological polar surface area (TPSA) is 82.8 Å². The Labute approximate surface area is 360 Å². The van der Waals surface area contributed by atoms with E-state index in [2.05, 4.69) is 114 Å². The summed E-state index contributed by atoms with van der Waals surface area (Å²) >= 11 is 0. The van der Waals surface area contributed by atoms with Crippen LogP contribution < -0.4 is 0 Å². The van der Waals surface area contributed by atoms with Crippen LogP contribution in [0.15, 0.2) is 209 Å². The number of aromatic nitrogens is 5. The lowest BCUT2D eigenvalue weighted by Gasteiger charge is -2.13. The van der Waals surface area contributed by atoms with Crippen LogP contribution in [0.4, 0.5) is 0 Å². The number of oxazole rings is 1. The van der Waals surface area contributed by atoms with Gasteiger partial charge in [-0.1, -0.05) is 146 Å². The van der Waals surface area contributed by atoms with Crippen molar-refractivity contribution in [1.82, 2.24) is 24.5 Å². The van der Waals surface area contributed by atoms with Gasteiger partial charge >= 0.3 is 0 Å². The second-order valence-electron chi connectivity index (χ2n) is 15.8. The van der Waals surface area contributed by atoms with Crippen LogP contribution in [0.2, 0.25) is 0 Å². The zero-order valence-corrected chi connectivity index (χ0v) is 33.6. The summed E-state index contributed by atoms with van der Waals surface area (Å²) in [6.07, 6.45) is 0. The van der Waals surface area contributed by atoms with Crippen molar-refractivity contribution in [2.75, 3.05) is 0 Å². The molecule has 0 saturated carbocycles. The molecule has 7 nitrogen and oxygen atoms in total. The zero-order valence-electron chi connectivity index (χ0n) is 33.6. The van der Waals surface area contributed by atoms with E-state index < -0.39 is 0 Å². The van der Waals surface area contributed by atoms with Gasteiger partial charge in [0.25, 0.3) is 0 Å². The van der Waals surface area contributed by atoms with Crippen LogP contribution in [0.25, 0.3) is 128 Å². The molecule has 0 unspecified atom stereocenters. The highest BCUT2D eigenvalue weighted by Gasteiger charge is 2.22. The van der Waals surface area contributed by atoms with Gasteiger partial charge in [0.2, 0.25) is 5.89 Å². The monoisotopic (exact) mass is 807 g/mol. The Morgan fingerprint density at radius 1 is 0.349 bits per heavy atom. The summed E-state index contributed by atoms with van der Waals surface area (Å²) in [7, 11) is 0. The molecular formula is C56H33N5O2. The predicted molar refractivity (Wildman–Crippen MR) is 254 cm³/mol. The lowest BCUT2D eigenvalue weighted by Crippen LogP contribution is -2.00. The van der Waals surface area contributed by atoms with Gasteiger partial charge in [-0.05, 0) is 71.1 Å². The fraction of sp³-hybridized carbons (Fsp3) is 0. The maximum absolute atomic E-state index is 6.72. The third-order valence-corrected chi connectivity index (χ3v) is 12.1. The van der Waals surface area contributed by atoms with Crippen LogP contribution in [0.3, 0.4) is 0 Å². The summed E-state index contributed by atoms with van der Waals surface area (Å²) in [5, 5.41) is 6.65. The van der Waals surface area contributed by atoms with Crippen LogP contribution in [-0.4, -0.2) is 24.5 Å². The highest BCUT2D eigenvalue weighted by Crippen LogP contribution is 2.42. The van der Waals surface area contributed by atoms with Gasteiger partial charge in [0.05, 0.1) is 16.6 Å². The van der Waals surface area contributed by atoms with E-state index in [-0.39, 0.29) is 0 Å². The molecule has 0 spiro atoms. The normalized spacial score (nSPS) is 11.8. The molecule has 0 saturated heterocycles. The quantitative estimate of drug-likeness (QED) is 0.166. The minimum absolute atomic E-state index is 0.545. The fourth-order valence-corrected chi connectivity index (χ4v) is 9.13. The maximum atomic E-state index is 6.72. The first kappa shape index (κ1) is 35.1. The average Bonchev–Trinajstić information content (AvgIpc) is 4.07. The second kappa shape index (κ2) is 13.9. The fourth-order valence-electron chi connectivity index (χ4n) is 9.13. The first-order valence-corrected chi connectivity index (χ1v) is 21.0. The molecule has 0 N–H and O–H groups in total. The molecule has 0 aliphatic rings. The first-order chi connectivity index (χ1) is 31.2. The van der Waals surface area contributed by atoms with E-state index in [1.807, 2.05) is 91.0 Å². The van der Waals surface area contributed by atoms with E-state index in [0.29, 0.717) is 23.4 Å². The molecule has 0 bridgehead atoms. The summed E-state index contributed by atoms with van der Waals surface area (Å²) < 4.78 is 15.5. The highest BCUT2D eigenvalue weighted by atomic mass is 16.3. The van der Waals surface area contributed by atoms with Crippen molar-refractivity contribution in [3.63, 3.8) is 0 Å². The molecule has 13 rings (SSSR count). The van der Waals surface area contributed by atoms with Crippen LogP contribution in [0.1, 0.15) is 0 Å². The van der Waals surface area contributed by atoms with Crippen molar-refractivity contribution in [2.45, 2.75) is 0 Å². The molecule has 4 heterocycles. The van der Waals surface area contributed by atoms with Gasteiger partial charge in [-0.2, -0.15) is 0 Å². The zero-order chi connectivity index (χ0) is 41.4. The Bertz CT molecular complexity index is 3920. The van der Waals surface area contributed by atoms with Gasteiger partial charge in [-0.25, -0.2) is 19.9 Å². The largest absolute Gasteiger partial charge is 0.455 e. The van der Waals surface area contributed by atoms with E-state index in [9.17, 15) is 0 Å². The van der Waals surface area contributed by atoms with Crippen LogP contribution >= 0.6 is 0 Å². The highest BCUT2D eigenvalue weighted by molar-refractivity contribution is 6.22.